The highest BCUT2D eigenvalue weighted by Crippen LogP contribution is 2.44. The molecule has 3 aromatic rings. The first-order valence-electron chi connectivity index (χ1n) is 15.4. The number of aryl methyl sites for hydroxylation is 1. The molecule has 7 nitrogen and oxygen atoms in total. The van der Waals surface area contributed by atoms with Crippen LogP contribution >= 0.6 is 0 Å². The third-order valence-electron chi connectivity index (χ3n) is 8.12. The minimum atomic E-state index is -4.59. The fraction of sp³-hybridized carbons (Fsp3) is 0.441. The van der Waals surface area contributed by atoms with Crippen LogP contribution in [0.5, 0.6) is 5.75 Å². The third kappa shape index (κ3) is 7.00. The molecule has 236 valence electrons. The van der Waals surface area contributed by atoms with Crippen LogP contribution in [0, 0.1) is 5.92 Å². The van der Waals surface area contributed by atoms with Crippen LogP contribution in [0.15, 0.2) is 60.5 Å². The van der Waals surface area contributed by atoms with E-state index in [0.717, 1.165) is 42.9 Å². The Labute approximate surface area is 257 Å². The topological polar surface area (TPSA) is 94.5 Å². The number of allylic oxidation sites excluding steroid dienone is 4. The Morgan fingerprint density at radius 1 is 1.25 bits per heavy atom. The van der Waals surface area contributed by atoms with Crippen LogP contribution in [0.3, 0.4) is 0 Å². The predicted octanol–water partition coefficient (Wildman–Crippen LogP) is 8.32. The molecule has 0 saturated heterocycles. The monoisotopic (exact) mass is 609 g/mol. The zero-order valence-corrected chi connectivity index (χ0v) is 25.9. The van der Waals surface area contributed by atoms with Crippen molar-refractivity contribution >= 4 is 17.2 Å². The first-order valence-corrected chi connectivity index (χ1v) is 15.4. The molecule has 0 radical (unpaired) electrons. The normalized spacial score (nSPS) is 15.0. The summed E-state index contributed by atoms with van der Waals surface area (Å²) >= 11 is 0. The van der Waals surface area contributed by atoms with Crippen LogP contribution in [0.4, 0.5) is 19.0 Å². The zero-order chi connectivity index (χ0) is 32.0. The van der Waals surface area contributed by atoms with Crippen LogP contribution in [0.25, 0.3) is 16.8 Å². The van der Waals surface area contributed by atoms with Gasteiger partial charge in [0.05, 0.1) is 12.2 Å². The Morgan fingerprint density at radius 2 is 2.00 bits per heavy atom. The smallest absolute Gasteiger partial charge is 0.416 e. The maximum atomic E-state index is 13.5. The number of hydrogen-bond donors (Lipinski definition) is 2. The molecule has 1 saturated carbocycles. The van der Waals surface area contributed by atoms with E-state index in [0.29, 0.717) is 47.3 Å². The zero-order valence-electron chi connectivity index (χ0n) is 25.9. The van der Waals surface area contributed by atoms with Gasteiger partial charge in [0.25, 0.3) is 5.91 Å². The molecule has 1 aromatic carbocycles. The summed E-state index contributed by atoms with van der Waals surface area (Å²) in [5, 5.41) is 2.47. The van der Waals surface area contributed by atoms with Gasteiger partial charge in [0.15, 0.2) is 0 Å². The van der Waals surface area contributed by atoms with Crippen LogP contribution in [-0.4, -0.2) is 33.1 Å². The summed E-state index contributed by atoms with van der Waals surface area (Å²) in [6.07, 6.45) is 6.95. The Kier molecular flexibility index (Phi) is 10.5. The number of benzene rings is 1. The summed E-state index contributed by atoms with van der Waals surface area (Å²) in [6.45, 7) is 11.9. The van der Waals surface area contributed by atoms with E-state index in [1.807, 2.05) is 13.8 Å². The maximum Gasteiger partial charge on any atom is 0.416 e. The van der Waals surface area contributed by atoms with Crippen molar-refractivity contribution in [3.8, 4) is 17.0 Å². The first-order chi connectivity index (χ1) is 21.0. The molecule has 1 aliphatic rings. The van der Waals surface area contributed by atoms with E-state index >= 15 is 0 Å². The largest absolute Gasteiger partial charge is 0.493 e. The second-order valence-electron chi connectivity index (χ2n) is 11.1. The second-order valence-corrected chi connectivity index (χ2v) is 11.1. The highest BCUT2D eigenvalue weighted by atomic mass is 19.4. The van der Waals surface area contributed by atoms with Crippen molar-refractivity contribution < 1.29 is 22.7 Å². The summed E-state index contributed by atoms with van der Waals surface area (Å²) in [5.41, 5.74) is 8.58. The summed E-state index contributed by atoms with van der Waals surface area (Å²) in [7, 11) is 0. The summed E-state index contributed by atoms with van der Waals surface area (Å²) in [4.78, 5) is 22.8. The van der Waals surface area contributed by atoms with Gasteiger partial charge in [-0.05, 0) is 69.2 Å². The number of nitrogens with zero attached hydrogens (tertiary/aromatic N) is 3. The number of fused-ring (bicyclic) bond motifs is 1. The van der Waals surface area contributed by atoms with E-state index in [4.69, 9.17) is 15.5 Å². The molecule has 0 spiro atoms. The van der Waals surface area contributed by atoms with Crippen molar-refractivity contribution in [3.05, 3.63) is 77.6 Å². The number of halogens is 3. The third-order valence-corrected chi connectivity index (χ3v) is 8.12. The van der Waals surface area contributed by atoms with Crippen molar-refractivity contribution in [1.82, 2.24) is 19.7 Å². The van der Waals surface area contributed by atoms with Gasteiger partial charge in [-0.25, -0.2) is 9.97 Å². The Hall–Kier alpha value is -4.08. The average molecular weight is 610 g/mol. The Morgan fingerprint density at radius 3 is 2.59 bits per heavy atom. The highest BCUT2D eigenvalue weighted by molar-refractivity contribution is 5.97. The first kappa shape index (κ1) is 32.8. The van der Waals surface area contributed by atoms with E-state index in [1.165, 1.54) is 25.3 Å². The number of nitrogen functional groups attached to an aromatic ring is 1. The number of carbonyl (C=O) groups excluding carboxylic acids is 1. The molecule has 1 amide bonds. The lowest BCUT2D eigenvalue weighted by atomic mass is 9.74. The molecule has 44 heavy (non-hydrogen) atoms. The number of alkyl halides is 3. The summed E-state index contributed by atoms with van der Waals surface area (Å²) in [5.74, 6) is 1.91. The van der Waals surface area contributed by atoms with Gasteiger partial charge in [0.2, 0.25) is 0 Å². The van der Waals surface area contributed by atoms with E-state index in [2.05, 4.69) is 35.1 Å². The Bertz CT molecular complexity index is 1570. The van der Waals surface area contributed by atoms with Crippen molar-refractivity contribution in [2.24, 2.45) is 5.92 Å². The molecule has 1 aliphatic carbocycles. The standard InChI is InChI=1S/C34H42F3N5O2/c1-6-10-11-15-24(34(35,36)37)18-21(5)40-33(43)23-16-17-27(28(19-23)44-9-4)29-30-31(38)39-20-25(7-2)42(30)32(41-29)26(8-3)22-13-12-14-22/h11,15-20,22,26H,5-10,12-14H2,1-4H3,(H2,38,39)(H,40,43)/b15-11-,24-18+. The number of ether oxygens (including phenoxy) is 1. The van der Waals surface area contributed by atoms with Crippen molar-refractivity contribution in [2.75, 3.05) is 12.3 Å². The van der Waals surface area contributed by atoms with Gasteiger partial charge in [-0.2, -0.15) is 13.2 Å². The van der Waals surface area contributed by atoms with Gasteiger partial charge in [-0.3, -0.25) is 9.20 Å². The number of nitrogens with two attached hydrogens (primary N) is 1. The van der Waals surface area contributed by atoms with Crippen molar-refractivity contribution in [3.63, 3.8) is 0 Å². The fourth-order valence-corrected chi connectivity index (χ4v) is 5.66. The Balaban J connectivity index is 1.74. The lowest BCUT2D eigenvalue weighted by molar-refractivity contribution is -0.0882. The quantitative estimate of drug-likeness (QED) is 0.190. The summed E-state index contributed by atoms with van der Waals surface area (Å²) < 4.78 is 48.7. The molecule has 1 atom stereocenters. The number of imidazole rings is 1. The van der Waals surface area contributed by atoms with Crippen LogP contribution in [0.2, 0.25) is 0 Å². The van der Waals surface area contributed by atoms with E-state index in [9.17, 15) is 18.0 Å². The van der Waals surface area contributed by atoms with Crippen LogP contribution in [-0.2, 0) is 6.42 Å². The van der Waals surface area contributed by atoms with Crippen LogP contribution < -0.4 is 15.8 Å². The number of anilines is 1. The van der Waals surface area contributed by atoms with E-state index < -0.39 is 17.7 Å². The number of carbonyl (C=O) groups is 1. The number of nitrogens with one attached hydrogen (secondary N) is 1. The lowest BCUT2D eigenvalue weighted by Crippen LogP contribution is -2.22. The maximum absolute atomic E-state index is 13.5. The summed E-state index contributed by atoms with van der Waals surface area (Å²) in [6, 6.07) is 4.90. The number of aromatic nitrogens is 3. The highest BCUT2D eigenvalue weighted by Gasteiger charge is 2.33. The van der Waals surface area contributed by atoms with Gasteiger partial charge in [-0.15, -0.1) is 0 Å². The molecule has 4 rings (SSSR count). The van der Waals surface area contributed by atoms with Gasteiger partial charge in [0, 0.05) is 34.6 Å². The van der Waals surface area contributed by atoms with Gasteiger partial charge < -0.3 is 15.8 Å². The van der Waals surface area contributed by atoms with E-state index in [-0.39, 0.29) is 17.2 Å². The minimum absolute atomic E-state index is 0.178. The van der Waals surface area contributed by atoms with Crippen molar-refractivity contribution in [1.29, 1.82) is 0 Å². The SMILES string of the molecule is C=C(/C=C(\C=C/CCC)C(F)(F)F)NC(=O)c1ccc(-c2nc(C(CC)C3CCC3)n3c(CC)cnc(N)c23)c(OCC)c1. The minimum Gasteiger partial charge on any atom is -0.493 e. The second kappa shape index (κ2) is 14.1. The molecule has 0 aliphatic heterocycles. The average Bonchev–Trinajstić information content (AvgIpc) is 3.35. The van der Waals surface area contributed by atoms with Gasteiger partial charge >= 0.3 is 6.18 Å². The molecule has 1 unspecified atom stereocenters. The van der Waals surface area contributed by atoms with Crippen molar-refractivity contribution in [2.45, 2.75) is 84.7 Å². The molecule has 3 N–H and O–H groups in total. The molecule has 10 heteroatoms. The van der Waals surface area contributed by atoms with Gasteiger partial charge in [0.1, 0.15) is 28.6 Å². The molecule has 2 aromatic heterocycles. The molecular formula is C34H42F3N5O2. The molecule has 1 fully saturated rings. The molecule has 0 bridgehead atoms. The number of amides is 1. The number of unbranched alkanes of at least 4 members (excludes halogenated alkanes) is 1. The molecular weight excluding hydrogens is 567 g/mol. The number of hydrogen-bond acceptors (Lipinski definition) is 5. The number of rotatable bonds is 13. The fourth-order valence-electron chi connectivity index (χ4n) is 5.66. The van der Waals surface area contributed by atoms with Gasteiger partial charge in [-0.1, -0.05) is 52.3 Å². The lowest BCUT2D eigenvalue weighted by Gasteiger charge is -2.32. The molecule has 2 heterocycles. The van der Waals surface area contributed by atoms with E-state index in [1.54, 1.807) is 24.4 Å². The predicted molar refractivity (Wildman–Crippen MR) is 169 cm³/mol. The van der Waals surface area contributed by atoms with Crippen LogP contribution in [0.1, 0.15) is 94.0 Å².